The van der Waals surface area contributed by atoms with E-state index in [-0.39, 0.29) is 5.04 Å². The summed E-state index contributed by atoms with van der Waals surface area (Å²) in [6.45, 7) is 11.2. The molecule has 5 rings (SSSR count). The summed E-state index contributed by atoms with van der Waals surface area (Å²) in [5.41, 5.74) is 10.8. The number of allylic oxidation sites excluding steroid dienone is 1. The molecule has 1 aliphatic carbocycles. The Kier molecular flexibility index (Phi) is 5.95. The standard InChI is InChI=1S/C29H30N4O2Si/c1-29(2,3)36(4,5)35-33-25-13-10-21-16-22(11-12-23(21)25)32-27-24-14-15-31-18-26(24)34-28(27)20-8-6-19(17-30)7-9-20/h6-9,11-16,18,32-33H,10H2,1-5H3. The van der Waals surface area contributed by atoms with Crippen LogP contribution >= 0.6 is 0 Å². The third-order valence-electron chi connectivity index (χ3n) is 7.18. The molecule has 7 heteroatoms. The molecule has 4 aromatic rings. The summed E-state index contributed by atoms with van der Waals surface area (Å²) in [6.07, 6.45) is 6.51. The Bertz CT molecular complexity index is 1510. The SMILES string of the molecule is CC(C)(C)[Si](C)(C)ONC1=CCc2cc(Nc3c(-c4ccc(C#N)cc4)oc4cnccc34)ccc21. The molecule has 0 aliphatic heterocycles. The Labute approximate surface area is 212 Å². The molecule has 0 amide bonds. The second-order valence-corrected chi connectivity index (χ2v) is 15.4. The first-order chi connectivity index (χ1) is 17.2. The molecule has 2 heterocycles. The highest BCUT2D eigenvalue weighted by atomic mass is 28.4. The molecule has 0 spiro atoms. The van der Waals surface area contributed by atoms with Gasteiger partial charge in [0, 0.05) is 28.4 Å². The van der Waals surface area contributed by atoms with Gasteiger partial charge in [0.1, 0.15) is 0 Å². The minimum Gasteiger partial charge on any atom is -0.452 e. The predicted molar refractivity (Wildman–Crippen MR) is 147 cm³/mol. The van der Waals surface area contributed by atoms with Gasteiger partial charge >= 0.3 is 0 Å². The Hall–Kier alpha value is -3.86. The van der Waals surface area contributed by atoms with E-state index in [0.29, 0.717) is 16.9 Å². The maximum Gasteiger partial charge on any atom is 0.228 e. The number of hydrogen-bond acceptors (Lipinski definition) is 6. The predicted octanol–water partition coefficient (Wildman–Crippen LogP) is 7.53. The van der Waals surface area contributed by atoms with Crippen molar-refractivity contribution in [3.63, 3.8) is 0 Å². The molecule has 2 N–H and O–H groups in total. The highest BCUT2D eigenvalue weighted by molar-refractivity contribution is 6.74. The van der Waals surface area contributed by atoms with Crippen LogP contribution in [0.5, 0.6) is 0 Å². The molecule has 0 unspecified atom stereocenters. The summed E-state index contributed by atoms with van der Waals surface area (Å²) < 4.78 is 12.4. The average Bonchev–Trinajstić information content (AvgIpc) is 3.43. The highest BCUT2D eigenvalue weighted by Gasteiger charge is 2.38. The maximum atomic E-state index is 9.16. The molecule has 1 aliphatic rings. The summed E-state index contributed by atoms with van der Waals surface area (Å²) >= 11 is 0. The Morgan fingerprint density at radius 1 is 1.08 bits per heavy atom. The van der Waals surface area contributed by atoms with Crippen LogP contribution < -0.4 is 10.8 Å². The largest absolute Gasteiger partial charge is 0.452 e. The van der Waals surface area contributed by atoms with Gasteiger partial charge < -0.3 is 14.3 Å². The summed E-state index contributed by atoms with van der Waals surface area (Å²) in [5, 5.41) is 13.8. The van der Waals surface area contributed by atoms with Gasteiger partial charge in [-0.2, -0.15) is 5.26 Å². The molecule has 36 heavy (non-hydrogen) atoms. The number of anilines is 2. The first kappa shape index (κ1) is 23.9. The zero-order valence-electron chi connectivity index (χ0n) is 21.3. The number of hydroxylamine groups is 1. The van der Waals surface area contributed by atoms with Crippen molar-refractivity contribution in [1.29, 1.82) is 5.26 Å². The third kappa shape index (κ3) is 4.41. The van der Waals surface area contributed by atoms with E-state index in [9.17, 15) is 0 Å². The van der Waals surface area contributed by atoms with Crippen LogP contribution in [0, 0.1) is 11.3 Å². The maximum absolute atomic E-state index is 9.16. The van der Waals surface area contributed by atoms with Gasteiger partial charge in [-0.1, -0.05) is 32.9 Å². The first-order valence-electron chi connectivity index (χ1n) is 12.1. The van der Waals surface area contributed by atoms with Crippen molar-refractivity contribution < 1.29 is 8.94 Å². The van der Waals surface area contributed by atoms with Crippen LogP contribution in [0.1, 0.15) is 37.5 Å². The van der Waals surface area contributed by atoms with Gasteiger partial charge in [-0.25, -0.2) is 0 Å². The summed E-state index contributed by atoms with van der Waals surface area (Å²) in [5.74, 6) is 0.714. The van der Waals surface area contributed by atoms with Gasteiger partial charge in [-0.15, -0.1) is 0 Å². The molecular formula is C29H30N4O2Si. The molecule has 182 valence electrons. The number of aromatic nitrogens is 1. The Balaban J connectivity index is 1.42. The Morgan fingerprint density at radius 2 is 1.86 bits per heavy atom. The molecule has 0 radical (unpaired) electrons. The van der Waals surface area contributed by atoms with Crippen molar-refractivity contribution in [2.75, 3.05) is 5.32 Å². The fourth-order valence-electron chi connectivity index (χ4n) is 3.98. The summed E-state index contributed by atoms with van der Waals surface area (Å²) in [6, 6.07) is 17.9. The minimum atomic E-state index is -1.92. The van der Waals surface area contributed by atoms with Crippen molar-refractivity contribution in [2.24, 2.45) is 0 Å². The van der Waals surface area contributed by atoms with Crippen molar-refractivity contribution >= 4 is 36.4 Å². The lowest BCUT2D eigenvalue weighted by Crippen LogP contribution is -2.44. The fourth-order valence-corrected chi connectivity index (χ4v) is 4.65. The van der Waals surface area contributed by atoms with Gasteiger partial charge in [0.25, 0.3) is 0 Å². The van der Waals surface area contributed by atoms with E-state index in [1.807, 2.05) is 18.2 Å². The monoisotopic (exact) mass is 494 g/mol. The number of nitrogens with zero attached hydrogens (tertiary/aromatic N) is 2. The normalized spacial score (nSPS) is 13.3. The molecule has 0 saturated carbocycles. The summed E-state index contributed by atoms with van der Waals surface area (Å²) in [4.78, 5) is 4.21. The molecule has 6 nitrogen and oxygen atoms in total. The molecule has 0 atom stereocenters. The lowest BCUT2D eigenvalue weighted by molar-refractivity contribution is 0.226. The molecule has 2 aromatic heterocycles. The van der Waals surface area contributed by atoms with Crippen LogP contribution in [0.3, 0.4) is 0 Å². The quantitative estimate of drug-likeness (QED) is 0.213. The molecular weight excluding hydrogens is 464 g/mol. The van der Waals surface area contributed by atoms with Crippen LogP contribution in [-0.2, 0) is 10.9 Å². The van der Waals surface area contributed by atoms with Gasteiger partial charge in [-0.05, 0) is 72.6 Å². The zero-order chi connectivity index (χ0) is 25.5. The van der Waals surface area contributed by atoms with E-state index >= 15 is 0 Å². The molecule has 2 aromatic carbocycles. The third-order valence-corrected chi connectivity index (χ3v) is 11.4. The van der Waals surface area contributed by atoms with Gasteiger partial charge in [0.05, 0.1) is 29.2 Å². The summed E-state index contributed by atoms with van der Waals surface area (Å²) in [7, 11) is -1.92. The number of hydrogen-bond donors (Lipinski definition) is 2. The lowest BCUT2D eigenvalue weighted by atomic mass is 10.1. The van der Waals surface area contributed by atoms with Gasteiger partial charge in [0.15, 0.2) is 11.3 Å². The molecule has 0 fully saturated rings. The second kappa shape index (κ2) is 8.97. The smallest absolute Gasteiger partial charge is 0.228 e. The van der Waals surface area contributed by atoms with E-state index in [1.54, 1.807) is 24.5 Å². The number of rotatable bonds is 6. The van der Waals surface area contributed by atoms with E-state index in [2.05, 4.69) is 80.0 Å². The van der Waals surface area contributed by atoms with Crippen LogP contribution in [-0.4, -0.2) is 13.3 Å². The van der Waals surface area contributed by atoms with Crippen LogP contribution in [0.15, 0.2) is 71.4 Å². The van der Waals surface area contributed by atoms with E-state index < -0.39 is 8.32 Å². The van der Waals surface area contributed by atoms with E-state index in [4.69, 9.17) is 14.2 Å². The van der Waals surface area contributed by atoms with Crippen molar-refractivity contribution in [1.82, 2.24) is 10.5 Å². The number of furan rings is 1. The number of nitriles is 1. The van der Waals surface area contributed by atoms with Crippen LogP contribution in [0.2, 0.25) is 18.1 Å². The van der Waals surface area contributed by atoms with Crippen LogP contribution in [0.25, 0.3) is 28.0 Å². The molecule has 0 bridgehead atoms. The number of pyridine rings is 1. The van der Waals surface area contributed by atoms with E-state index in [1.165, 1.54) is 5.56 Å². The number of benzene rings is 2. The van der Waals surface area contributed by atoms with Gasteiger partial charge in [0.2, 0.25) is 8.32 Å². The lowest BCUT2D eigenvalue weighted by Gasteiger charge is -2.35. The van der Waals surface area contributed by atoms with Crippen LogP contribution in [0.4, 0.5) is 11.4 Å². The Morgan fingerprint density at radius 3 is 2.58 bits per heavy atom. The number of nitrogens with one attached hydrogen (secondary N) is 2. The zero-order valence-corrected chi connectivity index (χ0v) is 22.3. The van der Waals surface area contributed by atoms with Crippen molar-refractivity contribution in [2.45, 2.75) is 45.3 Å². The van der Waals surface area contributed by atoms with E-state index in [0.717, 1.165) is 40.0 Å². The minimum absolute atomic E-state index is 0.130. The van der Waals surface area contributed by atoms with Crippen molar-refractivity contribution in [3.05, 3.63) is 83.7 Å². The first-order valence-corrected chi connectivity index (χ1v) is 15.0. The second-order valence-electron chi connectivity index (χ2n) is 10.7. The fraction of sp³-hybridized carbons (Fsp3) is 0.241. The molecule has 0 saturated heterocycles. The average molecular weight is 495 g/mol. The highest BCUT2D eigenvalue weighted by Crippen LogP contribution is 2.41. The van der Waals surface area contributed by atoms with Gasteiger partial charge in [-0.3, -0.25) is 10.5 Å². The number of fused-ring (bicyclic) bond motifs is 2. The topological polar surface area (TPSA) is 83.1 Å². The van der Waals surface area contributed by atoms with Crippen molar-refractivity contribution in [3.8, 4) is 17.4 Å².